The van der Waals surface area contributed by atoms with Crippen molar-refractivity contribution in [3.05, 3.63) is 102 Å². The van der Waals surface area contributed by atoms with Crippen molar-refractivity contribution in [2.75, 3.05) is 0 Å². The van der Waals surface area contributed by atoms with Crippen molar-refractivity contribution in [2.24, 2.45) is 0 Å². The van der Waals surface area contributed by atoms with Gasteiger partial charge in [0.15, 0.2) is 24.7 Å². The second kappa shape index (κ2) is 7.53. The van der Waals surface area contributed by atoms with Crippen molar-refractivity contribution in [1.29, 1.82) is 0 Å². The van der Waals surface area contributed by atoms with Crippen LogP contribution >= 0.6 is 0 Å². The van der Waals surface area contributed by atoms with Crippen LogP contribution in [0, 0.1) is 0 Å². The minimum absolute atomic E-state index is 0. The second-order valence-electron chi connectivity index (χ2n) is 4.94. The molecule has 0 saturated carbocycles. The molecule has 0 unspecified atom stereocenters. The number of carbonyl (C=O) groups is 1. The lowest BCUT2D eigenvalue weighted by Gasteiger charge is -2.01. The normalized spacial score (nSPS) is 9.82. The van der Waals surface area contributed by atoms with Crippen LogP contribution in [0.5, 0.6) is 0 Å². The number of carbonyl (C=O) groups excluding carboxylic acids is 1. The van der Waals surface area contributed by atoms with E-state index >= 15 is 0 Å². The predicted octanol–water partition coefficient (Wildman–Crippen LogP) is 0.257. The minimum atomic E-state index is 0. The lowest BCUT2D eigenvalue weighted by atomic mass is 10.0. The van der Waals surface area contributed by atoms with Gasteiger partial charge in [-0.2, -0.15) is 0 Å². The number of rotatable bonds is 4. The van der Waals surface area contributed by atoms with Crippen LogP contribution in [0.1, 0.15) is 21.5 Å². The average molecular weight is 310 g/mol. The highest BCUT2D eigenvalue weighted by Gasteiger charge is 2.10. The van der Waals surface area contributed by atoms with Crippen molar-refractivity contribution in [2.45, 2.75) is 6.54 Å². The molecule has 0 N–H and O–H groups in total. The van der Waals surface area contributed by atoms with E-state index in [4.69, 9.17) is 0 Å². The van der Waals surface area contributed by atoms with Crippen LogP contribution in [0.25, 0.3) is 0 Å². The molecule has 0 bridgehead atoms. The van der Waals surface area contributed by atoms with E-state index in [1.807, 2.05) is 73.1 Å². The van der Waals surface area contributed by atoms with E-state index in [0.29, 0.717) is 5.56 Å². The summed E-state index contributed by atoms with van der Waals surface area (Å²) in [5.41, 5.74) is 2.67. The first-order valence-corrected chi connectivity index (χ1v) is 6.96. The number of hydrogen-bond acceptors (Lipinski definition) is 1. The Morgan fingerprint density at radius 2 is 1.23 bits per heavy atom. The summed E-state index contributed by atoms with van der Waals surface area (Å²) < 4.78 is 2.07. The third-order valence-corrected chi connectivity index (χ3v) is 3.40. The van der Waals surface area contributed by atoms with Gasteiger partial charge in [-0.3, -0.25) is 4.79 Å². The molecule has 0 aliphatic rings. The molecule has 0 saturated heterocycles. The molecule has 0 spiro atoms. The molecule has 0 atom stereocenters. The van der Waals surface area contributed by atoms with Gasteiger partial charge in [0.2, 0.25) is 0 Å². The monoisotopic (exact) mass is 309 g/mol. The maximum atomic E-state index is 12.3. The molecule has 0 fully saturated rings. The van der Waals surface area contributed by atoms with Gasteiger partial charge < -0.3 is 12.4 Å². The lowest BCUT2D eigenvalue weighted by molar-refractivity contribution is -0.688. The molecule has 0 aliphatic heterocycles. The molecule has 0 aliphatic carbocycles. The van der Waals surface area contributed by atoms with Crippen molar-refractivity contribution in [3.63, 3.8) is 0 Å². The fraction of sp³-hybridized carbons (Fsp3) is 0.0526. The third-order valence-electron chi connectivity index (χ3n) is 3.40. The summed E-state index contributed by atoms with van der Waals surface area (Å²) in [6, 6.07) is 23.4. The number of halogens is 1. The molecular weight excluding hydrogens is 294 g/mol. The Hall–Kier alpha value is -2.45. The molecule has 2 aromatic carbocycles. The molecular formula is C19H16ClNO. The van der Waals surface area contributed by atoms with E-state index in [0.717, 1.165) is 12.1 Å². The zero-order valence-corrected chi connectivity index (χ0v) is 12.8. The summed E-state index contributed by atoms with van der Waals surface area (Å²) >= 11 is 0. The topological polar surface area (TPSA) is 20.9 Å². The standard InChI is InChI=1S/C19H16NO.ClH/c21-19(17-9-5-2-6-10-17)18-11-13-20(14-12-18)15-16-7-3-1-4-8-16;/h1-14H,15H2;1H/q+1;/p-1. The minimum Gasteiger partial charge on any atom is -1.00 e. The summed E-state index contributed by atoms with van der Waals surface area (Å²) in [6.45, 7) is 0.806. The molecule has 1 heterocycles. The quantitative estimate of drug-likeness (QED) is 0.500. The van der Waals surface area contributed by atoms with E-state index in [1.165, 1.54) is 5.56 Å². The zero-order chi connectivity index (χ0) is 14.5. The summed E-state index contributed by atoms with van der Waals surface area (Å²) in [6.07, 6.45) is 3.90. The Kier molecular flexibility index (Phi) is 5.45. The van der Waals surface area contributed by atoms with Gasteiger partial charge in [-0.1, -0.05) is 60.7 Å². The van der Waals surface area contributed by atoms with Crippen molar-refractivity contribution in [1.82, 2.24) is 0 Å². The number of pyridine rings is 1. The Balaban J connectivity index is 0.00000176. The van der Waals surface area contributed by atoms with E-state index in [2.05, 4.69) is 16.7 Å². The fourth-order valence-corrected chi connectivity index (χ4v) is 2.26. The number of hydrogen-bond donors (Lipinski definition) is 0. The molecule has 22 heavy (non-hydrogen) atoms. The Labute approximate surface area is 136 Å². The zero-order valence-electron chi connectivity index (χ0n) is 12.0. The molecule has 0 radical (unpaired) electrons. The molecule has 3 aromatic rings. The van der Waals surface area contributed by atoms with Crippen LogP contribution in [-0.4, -0.2) is 5.78 Å². The molecule has 0 amide bonds. The van der Waals surface area contributed by atoms with Crippen LogP contribution in [-0.2, 0) is 6.54 Å². The van der Waals surface area contributed by atoms with Gasteiger partial charge in [-0.15, -0.1) is 0 Å². The van der Waals surface area contributed by atoms with Gasteiger partial charge in [0.1, 0.15) is 0 Å². The highest BCUT2D eigenvalue weighted by molar-refractivity contribution is 6.08. The number of benzene rings is 2. The summed E-state index contributed by atoms with van der Waals surface area (Å²) in [7, 11) is 0. The molecule has 1 aromatic heterocycles. The summed E-state index contributed by atoms with van der Waals surface area (Å²) in [5, 5.41) is 0. The summed E-state index contributed by atoms with van der Waals surface area (Å²) in [4.78, 5) is 12.3. The maximum absolute atomic E-state index is 12.3. The van der Waals surface area contributed by atoms with E-state index < -0.39 is 0 Å². The summed E-state index contributed by atoms with van der Waals surface area (Å²) in [5.74, 6) is 0.0578. The molecule has 3 rings (SSSR count). The van der Waals surface area contributed by atoms with Gasteiger partial charge in [0.25, 0.3) is 0 Å². The first-order chi connectivity index (χ1) is 10.3. The van der Waals surface area contributed by atoms with Gasteiger partial charge in [0.05, 0.1) is 0 Å². The SMILES string of the molecule is O=C(c1ccccc1)c1cc[n+](Cc2ccccc2)cc1.[Cl-]. The van der Waals surface area contributed by atoms with E-state index in [1.54, 1.807) is 0 Å². The average Bonchev–Trinajstić information content (AvgIpc) is 2.57. The largest absolute Gasteiger partial charge is 1.00 e. The lowest BCUT2D eigenvalue weighted by Crippen LogP contribution is -3.00. The third kappa shape index (κ3) is 3.80. The van der Waals surface area contributed by atoms with Gasteiger partial charge in [-0.05, 0) is 0 Å². The number of aromatic nitrogens is 1. The second-order valence-corrected chi connectivity index (χ2v) is 4.94. The Bertz CT molecular complexity index is 724. The Morgan fingerprint density at radius 1 is 0.727 bits per heavy atom. The molecule has 3 heteroatoms. The Morgan fingerprint density at radius 3 is 1.82 bits per heavy atom. The van der Waals surface area contributed by atoms with E-state index in [-0.39, 0.29) is 18.2 Å². The van der Waals surface area contributed by atoms with E-state index in [9.17, 15) is 4.79 Å². The molecule has 110 valence electrons. The van der Waals surface area contributed by atoms with Crippen molar-refractivity contribution in [3.8, 4) is 0 Å². The van der Waals surface area contributed by atoms with Crippen LogP contribution in [0.15, 0.2) is 85.2 Å². The van der Waals surface area contributed by atoms with Gasteiger partial charge >= 0.3 is 0 Å². The highest BCUT2D eigenvalue weighted by atomic mass is 35.5. The first-order valence-electron chi connectivity index (χ1n) is 6.96. The molecule has 2 nitrogen and oxygen atoms in total. The fourth-order valence-electron chi connectivity index (χ4n) is 2.26. The van der Waals surface area contributed by atoms with Crippen molar-refractivity contribution >= 4 is 5.78 Å². The van der Waals surface area contributed by atoms with Gasteiger partial charge in [0, 0.05) is 28.8 Å². The maximum Gasteiger partial charge on any atom is 0.193 e. The van der Waals surface area contributed by atoms with Crippen LogP contribution in [0.2, 0.25) is 0 Å². The predicted molar refractivity (Wildman–Crippen MR) is 82.1 cm³/mol. The smallest absolute Gasteiger partial charge is 0.193 e. The number of ketones is 1. The van der Waals surface area contributed by atoms with Crippen LogP contribution < -0.4 is 17.0 Å². The number of nitrogens with zero attached hydrogens (tertiary/aromatic N) is 1. The van der Waals surface area contributed by atoms with Crippen molar-refractivity contribution < 1.29 is 21.8 Å². The van der Waals surface area contributed by atoms with Crippen LogP contribution in [0.4, 0.5) is 0 Å². The van der Waals surface area contributed by atoms with Gasteiger partial charge in [-0.25, -0.2) is 4.57 Å². The highest BCUT2D eigenvalue weighted by Crippen LogP contribution is 2.08. The first kappa shape index (κ1) is 15.9. The van der Waals surface area contributed by atoms with Crippen LogP contribution in [0.3, 0.4) is 0 Å².